The largest absolute Gasteiger partial charge is 0.496 e. The van der Waals surface area contributed by atoms with Crippen LogP contribution in [0.5, 0.6) is 5.75 Å². The second-order valence-electron chi connectivity index (χ2n) is 7.63. The van der Waals surface area contributed by atoms with Crippen molar-refractivity contribution in [2.75, 3.05) is 58.5 Å². The lowest BCUT2D eigenvalue weighted by molar-refractivity contribution is 0.0356. The number of hydrogen-bond acceptors (Lipinski definition) is 5. The second-order valence-corrected chi connectivity index (χ2v) is 7.63. The fourth-order valence-corrected chi connectivity index (χ4v) is 4.40. The van der Waals surface area contributed by atoms with Gasteiger partial charge in [-0.15, -0.1) is 0 Å². The molecule has 150 valence electrons. The summed E-state index contributed by atoms with van der Waals surface area (Å²) in [6, 6.07) is 15.2. The van der Waals surface area contributed by atoms with Crippen molar-refractivity contribution in [1.82, 2.24) is 4.90 Å². The molecule has 0 unspecified atom stereocenters. The fourth-order valence-electron chi connectivity index (χ4n) is 4.40. The van der Waals surface area contributed by atoms with Crippen LogP contribution in [0.2, 0.25) is 0 Å². The van der Waals surface area contributed by atoms with Crippen LogP contribution in [0.15, 0.2) is 42.5 Å². The highest BCUT2D eigenvalue weighted by Gasteiger charge is 2.30. The number of ether oxygens (including phenoxy) is 3. The molecule has 2 aliphatic rings. The molecule has 1 fully saturated rings. The van der Waals surface area contributed by atoms with Gasteiger partial charge in [-0.2, -0.15) is 0 Å². The topological polar surface area (TPSA) is 34.2 Å². The molecule has 0 aliphatic carbocycles. The lowest BCUT2D eigenvalue weighted by atomic mass is 10.0. The quantitative estimate of drug-likeness (QED) is 0.734. The zero-order valence-corrected chi connectivity index (χ0v) is 16.9. The van der Waals surface area contributed by atoms with Gasteiger partial charge in [0, 0.05) is 57.0 Å². The number of morpholine rings is 1. The third-order valence-electron chi connectivity index (χ3n) is 5.76. The van der Waals surface area contributed by atoms with E-state index in [2.05, 4.69) is 52.3 Å². The van der Waals surface area contributed by atoms with E-state index in [1.54, 1.807) is 14.2 Å². The number of methoxy groups -OCH3 is 2. The van der Waals surface area contributed by atoms with Gasteiger partial charge < -0.3 is 19.1 Å². The van der Waals surface area contributed by atoms with Gasteiger partial charge in [-0.1, -0.05) is 24.3 Å². The van der Waals surface area contributed by atoms with Gasteiger partial charge in [0.05, 0.1) is 26.9 Å². The summed E-state index contributed by atoms with van der Waals surface area (Å²) < 4.78 is 16.5. The summed E-state index contributed by atoms with van der Waals surface area (Å²) in [5.41, 5.74) is 5.19. The Morgan fingerprint density at radius 2 is 1.89 bits per heavy atom. The Bertz CT molecular complexity index is 789. The summed E-state index contributed by atoms with van der Waals surface area (Å²) in [5.74, 6) is 1.47. The molecule has 0 bridgehead atoms. The van der Waals surface area contributed by atoms with Crippen molar-refractivity contribution >= 4 is 5.69 Å². The lowest BCUT2D eigenvalue weighted by Gasteiger charge is -2.29. The van der Waals surface area contributed by atoms with E-state index >= 15 is 0 Å². The molecule has 0 aromatic heterocycles. The van der Waals surface area contributed by atoms with Crippen LogP contribution >= 0.6 is 0 Å². The monoisotopic (exact) mass is 382 g/mol. The van der Waals surface area contributed by atoms with E-state index in [4.69, 9.17) is 14.2 Å². The van der Waals surface area contributed by atoms with Crippen molar-refractivity contribution in [3.05, 3.63) is 59.2 Å². The number of fused-ring (bicyclic) bond motifs is 1. The van der Waals surface area contributed by atoms with Gasteiger partial charge in [-0.05, 0) is 29.3 Å². The first kappa shape index (κ1) is 19.2. The highest BCUT2D eigenvalue weighted by atomic mass is 16.5. The van der Waals surface area contributed by atoms with Crippen molar-refractivity contribution in [2.24, 2.45) is 0 Å². The summed E-state index contributed by atoms with van der Waals surface area (Å²) in [7, 11) is 3.48. The van der Waals surface area contributed by atoms with Crippen molar-refractivity contribution in [3.63, 3.8) is 0 Å². The van der Waals surface area contributed by atoms with Gasteiger partial charge in [-0.25, -0.2) is 0 Å². The first-order chi connectivity index (χ1) is 13.8. The number of rotatable bonds is 7. The van der Waals surface area contributed by atoms with Crippen LogP contribution in [0.25, 0.3) is 0 Å². The normalized spacial score (nSPS) is 19.6. The van der Waals surface area contributed by atoms with Crippen LogP contribution in [-0.4, -0.2) is 58.5 Å². The van der Waals surface area contributed by atoms with Crippen LogP contribution < -0.4 is 9.64 Å². The van der Waals surface area contributed by atoms with Gasteiger partial charge in [0.1, 0.15) is 5.75 Å². The summed E-state index contributed by atoms with van der Waals surface area (Å²) in [4.78, 5) is 5.03. The molecule has 2 aliphatic heterocycles. The zero-order chi connectivity index (χ0) is 19.3. The van der Waals surface area contributed by atoms with E-state index in [1.807, 2.05) is 0 Å². The van der Waals surface area contributed by atoms with Crippen LogP contribution in [0.3, 0.4) is 0 Å². The summed E-state index contributed by atoms with van der Waals surface area (Å²) >= 11 is 0. The Labute approximate surface area is 167 Å². The Morgan fingerprint density at radius 1 is 1.07 bits per heavy atom. The molecule has 0 spiro atoms. The lowest BCUT2D eigenvalue weighted by Crippen LogP contribution is -2.39. The summed E-state index contributed by atoms with van der Waals surface area (Å²) in [6.45, 7) is 7.36. The van der Waals surface area contributed by atoms with Crippen LogP contribution in [0.1, 0.15) is 22.6 Å². The molecule has 2 heterocycles. The standard InChI is InChI=1S/C23H30N2O3/c1-26-17-18-7-8-23(27-2)19(13-18)15-25-16-20(14-24-9-11-28-12-10-24)21-5-3-4-6-22(21)25/h3-8,13,20H,9-12,14-17H2,1-2H3/t20-/m1/s1. The first-order valence-electron chi connectivity index (χ1n) is 10.1. The second kappa shape index (κ2) is 8.95. The van der Waals surface area contributed by atoms with Crippen molar-refractivity contribution < 1.29 is 14.2 Å². The van der Waals surface area contributed by atoms with Crippen LogP contribution in [0.4, 0.5) is 5.69 Å². The number of benzene rings is 2. The third kappa shape index (κ3) is 4.17. The van der Waals surface area contributed by atoms with Crippen molar-refractivity contribution in [1.29, 1.82) is 0 Å². The molecule has 0 radical (unpaired) electrons. The average Bonchev–Trinajstić information content (AvgIpc) is 3.07. The molecule has 1 saturated heterocycles. The Kier molecular flexibility index (Phi) is 6.15. The molecule has 28 heavy (non-hydrogen) atoms. The number of anilines is 1. The fraction of sp³-hybridized carbons (Fsp3) is 0.478. The molecule has 1 atom stereocenters. The minimum atomic E-state index is 0.530. The van der Waals surface area contributed by atoms with Gasteiger partial charge in [0.25, 0.3) is 0 Å². The van der Waals surface area contributed by atoms with Crippen molar-refractivity contribution in [3.8, 4) is 5.75 Å². The van der Waals surface area contributed by atoms with Crippen molar-refractivity contribution in [2.45, 2.75) is 19.1 Å². The maximum Gasteiger partial charge on any atom is 0.123 e. The van der Waals surface area contributed by atoms with E-state index in [0.29, 0.717) is 12.5 Å². The van der Waals surface area contributed by atoms with Gasteiger partial charge in [0.15, 0.2) is 0 Å². The Hall–Kier alpha value is -2.08. The first-order valence-corrected chi connectivity index (χ1v) is 10.1. The molecule has 5 heteroatoms. The predicted molar refractivity (Wildman–Crippen MR) is 111 cm³/mol. The third-order valence-corrected chi connectivity index (χ3v) is 5.76. The Morgan fingerprint density at radius 3 is 2.68 bits per heavy atom. The molecule has 2 aromatic rings. The molecule has 0 amide bonds. The summed E-state index contributed by atoms with van der Waals surface area (Å²) in [6.07, 6.45) is 0. The highest BCUT2D eigenvalue weighted by Crippen LogP contribution is 2.38. The zero-order valence-electron chi connectivity index (χ0n) is 16.9. The van der Waals surface area contributed by atoms with E-state index in [0.717, 1.165) is 51.7 Å². The van der Waals surface area contributed by atoms with Gasteiger partial charge in [-0.3, -0.25) is 4.90 Å². The molecular formula is C23H30N2O3. The minimum absolute atomic E-state index is 0.530. The predicted octanol–water partition coefficient (Wildman–Crippen LogP) is 3.28. The van der Waals surface area contributed by atoms with E-state index in [-0.39, 0.29) is 0 Å². The van der Waals surface area contributed by atoms with E-state index in [9.17, 15) is 0 Å². The maximum absolute atomic E-state index is 5.64. The number of hydrogen-bond donors (Lipinski definition) is 0. The molecule has 4 rings (SSSR count). The maximum atomic E-state index is 5.64. The SMILES string of the molecule is COCc1ccc(OC)c(CN2C[C@@H](CN3CCOCC3)c3ccccc32)c1. The van der Waals surface area contributed by atoms with Gasteiger partial charge >= 0.3 is 0 Å². The molecule has 5 nitrogen and oxygen atoms in total. The number of nitrogens with zero attached hydrogens (tertiary/aromatic N) is 2. The molecule has 0 N–H and O–H groups in total. The van der Waals surface area contributed by atoms with Crippen LogP contribution in [0, 0.1) is 0 Å². The highest BCUT2D eigenvalue weighted by molar-refractivity contribution is 5.61. The number of para-hydroxylation sites is 1. The van der Waals surface area contributed by atoms with Crippen LogP contribution in [-0.2, 0) is 22.6 Å². The smallest absolute Gasteiger partial charge is 0.123 e. The van der Waals surface area contributed by atoms with E-state index in [1.165, 1.54) is 22.4 Å². The summed E-state index contributed by atoms with van der Waals surface area (Å²) in [5, 5.41) is 0. The minimum Gasteiger partial charge on any atom is -0.496 e. The molecular weight excluding hydrogens is 352 g/mol. The van der Waals surface area contributed by atoms with Gasteiger partial charge in [0.2, 0.25) is 0 Å². The average molecular weight is 383 g/mol. The Balaban J connectivity index is 1.54. The molecule has 2 aromatic carbocycles. The van der Waals surface area contributed by atoms with E-state index < -0.39 is 0 Å². The molecule has 0 saturated carbocycles.